The summed E-state index contributed by atoms with van der Waals surface area (Å²) in [5.74, 6) is 0. The van der Waals surface area contributed by atoms with Gasteiger partial charge in [-0.1, -0.05) is 49.4 Å². The van der Waals surface area contributed by atoms with E-state index in [-0.39, 0.29) is 0 Å². The van der Waals surface area contributed by atoms with Crippen LogP contribution in [0.15, 0.2) is 48.5 Å². The maximum Gasteiger partial charge on any atom is 0.0426 e. The average Bonchev–Trinajstić information content (AvgIpc) is 2.47. The summed E-state index contributed by atoms with van der Waals surface area (Å²) in [6.07, 6.45) is 0. The van der Waals surface area contributed by atoms with E-state index >= 15 is 0 Å². The molecule has 0 aliphatic carbocycles. The normalized spacial score (nSPS) is 10.6. The number of para-hydroxylation sites is 1. The van der Waals surface area contributed by atoms with E-state index in [0.29, 0.717) is 0 Å². The molecule has 0 aliphatic rings. The van der Waals surface area contributed by atoms with Crippen LogP contribution in [0.25, 0.3) is 0 Å². The second-order valence-electron chi connectivity index (χ2n) is 5.24. The van der Waals surface area contributed by atoms with Gasteiger partial charge in [0, 0.05) is 25.8 Å². The lowest BCUT2D eigenvalue weighted by Gasteiger charge is -2.21. The third-order valence-electron chi connectivity index (χ3n) is 3.55. The van der Waals surface area contributed by atoms with Gasteiger partial charge in [-0.25, -0.2) is 0 Å². The average molecular weight is 268 g/mol. The molecule has 0 heterocycles. The Morgan fingerprint density at radius 3 is 2.25 bits per heavy atom. The summed E-state index contributed by atoms with van der Waals surface area (Å²) < 4.78 is 0. The van der Waals surface area contributed by atoms with Crippen LogP contribution in [-0.2, 0) is 13.1 Å². The SMILES string of the molecule is CCNCc1ccc(CN(C)c2ccccc2C)cc1. The van der Waals surface area contributed by atoms with Gasteiger partial charge in [-0.05, 0) is 36.2 Å². The van der Waals surface area contributed by atoms with Gasteiger partial charge in [0.1, 0.15) is 0 Å². The van der Waals surface area contributed by atoms with Gasteiger partial charge in [-0.3, -0.25) is 0 Å². The maximum absolute atomic E-state index is 3.35. The molecule has 0 bridgehead atoms. The summed E-state index contributed by atoms with van der Waals surface area (Å²) in [6, 6.07) is 17.4. The van der Waals surface area contributed by atoms with Crippen LogP contribution in [-0.4, -0.2) is 13.6 Å². The molecular formula is C18H24N2. The van der Waals surface area contributed by atoms with Gasteiger partial charge in [0.2, 0.25) is 0 Å². The van der Waals surface area contributed by atoms with Crippen LogP contribution in [0.5, 0.6) is 0 Å². The van der Waals surface area contributed by atoms with Gasteiger partial charge >= 0.3 is 0 Å². The standard InChI is InChI=1S/C18H24N2/c1-4-19-13-16-9-11-17(12-10-16)14-20(3)18-8-6-5-7-15(18)2/h5-12,19H,4,13-14H2,1-3H3. The van der Waals surface area contributed by atoms with Gasteiger partial charge in [0.15, 0.2) is 0 Å². The molecule has 0 aliphatic heterocycles. The molecule has 0 fully saturated rings. The minimum Gasteiger partial charge on any atom is -0.370 e. The number of hydrogen-bond donors (Lipinski definition) is 1. The van der Waals surface area contributed by atoms with Crippen LogP contribution in [0.3, 0.4) is 0 Å². The first-order valence-corrected chi connectivity index (χ1v) is 7.26. The molecule has 0 unspecified atom stereocenters. The first-order chi connectivity index (χ1) is 9.70. The number of aryl methyl sites for hydroxylation is 1. The van der Waals surface area contributed by atoms with Crippen molar-refractivity contribution in [3.63, 3.8) is 0 Å². The van der Waals surface area contributed by atoms with E-state index in [2.05, 4.69) is 79.6 Å². The summed E-state index contributed by atoms with van der Waals surface area (Å²) >= 11 is 0. The van der Waals surface area contributed by atoms with Crippen molar-refractivity contribution >= 4 is 5.69 Å². The van der Waals surface area contributed by atoms with E-state index in [4.69, 9.17) is 0 Å². The molecular weight excluding hydrogens is 244 g/mol. The van der Waals surface area contributed by atoms with Crippen LogP contribution in [0.2, 0.25) is 0 Å². The third-order valence-corrected chi connectivity index (χ3v) is 3.55. The highest BCUT2D eigenvalue weighted by molar-refractivity contribution is 5.52. The number of nitrogens with zero attached hydrogens (tertiary/aromatic N) is 1. The van der Waals surface area contributed by atoms with E-state index in [9.17, 15) is 0 Å². The quantitative estimate of drug-likeness (QED) is 0.858. The van der Waals surface area contributed by atoms with Crippen molar-refractivity contribution in [2.75, 3.05) is 18.5 Å². The van der Waals surface area contributed by atoms with Gasteiger partial charge in [-0.15, -0.1) is 0 Å². The lowest BCUT2D eigenvalue weighted by atomic mass is 10.1. The first kappa shape index (κ1) is 14.6. The summed E-state index contributed by atoms with van der Waals surface area (Å²) in [6.45, 7) is 7.19. The molecule has 0 spiro atoms. The molecule has 106 valence electrons. The van der Waals surface area contributed by atoms with Crippen molar-refractivity contribution < 1.29 is 0 Å². The van der Waals surface area contributed by atoms with Crippen LogP contribution in [0, 0.1) is 6.92 Å². The number of anilines is 1. The zero-order chi connectivity index (χ0) is 14.4. The highest BCUT2D eigenvalue weighted by Crippen LogP contribution is 2.20. The zero-order valence-electron chi connectivity index (χ0n) is 12.7. The van der Waals surface area contributed by atoms with Crippen molar-refractivity contribution in [3.8, 4) is 0 Å². The molecule has 2 heteroatoms. The second kappa shape index (κ2) is 7.11. The fraction of sp³-hybridized carbons (Fsp3) is 0.333. The van der Waals surface area contributed by atoms with Crippen LogP contribution >= 0.6 is 0 Å². The highest BCUT2D eigenvalue weighted by atomic mass is 15.1. The van der Waals surface area contributed by atoms with Gasteiger partial charge in [0.25, 0.3) is 0 Å². The van der Waals surface area contributed by atoms with Crippen LogP contribution in [0.4, 0.5) is 5.69 Å². The largest absolute Gasteiger partial charge is 0.370 e. The topological polar surface area (TPSA) is 15.3 Å². The predicted octanol–water partition coefficient (Wildman–Crippen LogP) is 3.74. The highest BCUT2D eigenvalue weighted by Gasteiger charge is 2.04. The fourth-order valence-electron chi connectivity index (χ4n) is 2.38. The van der Waals surface area contributed by atoms with E-state index in [0.717, 1.165) is 19.6 Å². The first-order valence-electron chi connectivity index (χ1n) is 7.26. The number of rotatable bonds is 6. The molecule has 0 saturated carbocycles. The molecule has 0 saturated heterocycles. The van der Waals surface area contributed by atoms with E-state index in [1.54, 1.807) is 0 Å². The molecule has 20 heavy (non-hydrogen) atoms. The Morgan fingerprint density at radius 2 is 1.60 bits per heavy atom. The fourth-order valence-corrected chi connectivity index (χ4v) is 2.38. The zero-order valence-corrected chi connectivity index (χ0v) is 12.7. The Labute approximate surface area is 122 Å². The van der Waals surface area contributed by atoms with Crippen molar-refractivity contribution in [1.29, 1.82) is 0 Å². The Morgan fingerprint density at radius 1 is 0.950 bits per heavy atom. The molecule has 1 N–H and O–H groups in total. The van der Waals surface area contributed by atoms with Gasteiger partial charge < -0.3 is 10.2 Å². The van der Waals surface area contributed by atoms with E-state index in [1.807, 2.05) is 0 Å². The molecule has 2 rings (SSSR count). The third kappa shape index (κ3) is 3.84. The van der Waals surface area contributed by atoms with Crippen LogP contribution in [0.1, 0.15) is 23.6 Å². The smallest absolute Gasteiger partial charge is 0.0426 e. The van der Waals surface area contributed by atoms with E-state index < -0.39 is 0 Å². The lowest BCUT2D eigenvalue weighted by molar-refractivity contribution is 0.726. The van der Waals surface area contributed by atoms with Crippen molar-refractivity contribution in [1.82, 2.24) is 5.32 Å². The molecule has 0 atom stereocenters. The number of hydrogen-bond acceptors (Lipinski definition) is 2. The van der Waals surface area contributed by atoms with Crippen LogP contribution < -0.4 is 10.2 Å². The van der Waals surface area contributed by atoms with Crippen molar-refractivity contribution in [2.24, 2.45) is 0 Å². The van der Waals surface area contributed by atoms with E-state index in [1.165, 1.54) is 22.4 Å². The molecule has 2 aromatic carbocycles. The van der Waals surface area contributed by atoms with Gasteiger partial charge in [-0.2, -0.15) is 0 Å². The Balaban J connectivity index is 2.01. The van der Waals surface area contributed by atoms with Crippen molar-refractivity contribution in [2.45, 2.75) is 26.9 Å². The minimum absolute atomic E-state index is 0.937. The van der Waals surface area contributed by atoms with Crippen molar-refractivity contribution in [3.05, 3.63) is 65.2 Å². The Kier molecular flexibility index (Phi) is 5.19. The molecule has 2 nitrogen and oxygen atoms in total. The second-order valence-corrected chi connectivity index (χ2v) is 5.24. The molecule has 0 amide bonds. The summed E-state index contributed by atoms with van der Waals surface area (Å²) in [5.41, 5.74) is 5.30. The summed E-state index contributed by atoms with van der Waals surface area (Å²) in [5, 5.41) is 3.35. The molecule has 0 radical (unpaired) electrons. The molecule has 2 aromatic rings. The maximum atomic E-state index is 3.35. The Bertz CT molecular complexity index is 531. The predicted molar refractivity (Wildman–Crippen MR) is 87.1 cm³/mol. The summed E-state index contributed by atoms with van der Waals surface area (Å²) in [4.78, 5) is 2.30. The lowest BCUT2D eigenvalue weighted by Crippen LogP contribution is -2.17. The minimum atomic E-state index is 0.937. The number of benzene rings is 2. The Hall–Kier alpha value is -1.80. The summed E-state index contributed by atoms with van der Waals surface area (Å²) in [7, 11) is 2.15. The monoisotopic (exact) mass is 268 g/mol. The van der Waals surface area contributed by atoms with Gasteiger partial charge in [0.05, 0.1) is 0 Å². The molecule has 0 aromatic heterocycles. The number of nitrogens with one attached hydrogen (secondary N) is 1.